The molecular weight excluding hydrogens is 237 g/mol. The number of halogens is 3. The molecule has 3 N–H and O–H groups in total. The quantitative estimate of drug-likeness (QED) is 0.858. The summed E-state index contributed by atoms with van der Waals surface area (Å²) < 4.78 is 43.2. The lowest BCUT2D eigenvalue weighted by Gasteiger charge is -2.27. The van der Waals surface area contributed by atoms with Crippen molar-refractivity contribution in [1.29, 1.82) is 0 Å². The Morgan fingerprint density at radius 2 is 2.06 bits per heavy atom. The molecule has 0 aliphatic carbocycles. The number of aliphatic hydroxyl groups is 1. The zero-order chi connectivity index (χ0) is 13.3. The van der Waals surface area contributed by atoms with Crippen LogP contribution in [0.5, 0.6) is 0 Å². The van der Waals surface area contributed by atoms with Gasteiger partial charge in [-0.1, -0.05) is 19.0 Å². The van der Waals surface area contributed by atoms with Crippen molar-refractivity contribution >= 4 is 0 Å². The summed E-state index contributed by atoms with van der Waals surface area (Å²) in [7, 11) is 0. The van der Waals surface area contributed by atoms with E-state index in [1.54, 1.807) is 13.8 Å². The Bertz CT molecular complexity index is 376. The van der Waals surface area contributed by atoms with Crippen LogP contribution >= 0.6 is 0 Å². The van der Waals surface area contributed by atoms with Crippen molar-refractivity contribution < 1.29 is 22.8 Å². The van der Waals surface area contributed by atoms with Crippen molar-refractivity contribution in [3.05, 3.63) is 17.5 Å². The van der Waals surface area contributed by atoms with Crippen LogP contribution in [0.1, 0.15) is 37.6 Å². The molecule has 0 radical (unpaired) electrons. The average Bonchev–Trinajstić information content (AvgIpc) is 2.65. The van der Waals surface area contributed by atoms with Crippen LogP contribution in [0.2, 0.25) is 0 Å². The highest BCUT2D eigenvalue weighted by Crippen LogP contribution is 2.41. The predicted octanol–water partition coefficient (Wildman–Crippen LogP) is 1.90. The van der Waals surface area contributed by atoms with E-state index in [1.807, 2.05) is 0 Å². The Morgan fingerprint density at radius 3 is 2.41 bits per heavy atom. The first kappa shape index (κ1) is 14.0. The monoisotopic (exact) mass is 252 g/mol. The molecule has 1 heterocycles. The van der Waals surface area contributed by atoms with Gasteiger partial charge in [-0.25, -0.2) is 0 Å². The lowest BCUT2D eigenvalue weighted by Crippen LogP contribution is -2.44. The van der Waals surface area contributed by atoms with Gasteiger partial charge in [-0.2, -0.15) is 13.2 Å². The van der Waals surface area contributed by atoms with Gasteiger partial charge in [0, 0.05) is 18.4 Å². The number of nitrogens with zero attached hydrogens (tertiary/aromatic N) is 1. The van der Waals surface area contributed by atoms with Gasteiger partial charge in [0.15, 0.2) is 0 Å². The molecule has 0 aliphatic heterocycles. The summed E-state index contributed by atoms with van der Waals surface area (Å²) in [5.74, 6) is 0.186. The molecule has 1 aromatic rings. The van der Waals surface area contributed by atoms with Crippen LogP contribution in [-0.2, 0) is 5.60 Å². The van der Waals surface area contributed by atoms with Gasteiger partial charge in [0.2, 0.25) is 5.60 Å². The van der Waals surface area contributed by atoms with Crippen LogP contribution in [0.25, 0.3) is 0 Å². The molecule has 98 valence electrons. The summed E-state index contributed by atoms with van der Waals surface area (Å²) in [4.78, 5) is 0. The number of nitrogens with two attached hydrogens (primary N) is 1. The maximum Gasteiger partial charge on any atom is 0.423 e. The molecule has 1 aromatic heterocycles. The fourth-order valence-electron chi connectivity index (χ4n) is 1.38. The first-order valence-electron chi connectivity index (χ1n) is 5.18. The fourth-order valence-corrected chi connectivity index (χ4v) is 1.38. The van der Waals surface area contributed by atoms with Crippen molar-refractivity contribution in [2.24, 2.45) is 5.73 Å². The minimum absolute atomic E-state index is 0.105. The van der Waals surface area contributed by atoms with Gasteiger partial charge in [0.25, 0.3) is 0 Å². The van der Waals surface area contributed by atoms with Crippen molar-refractivity contribution in [3.8, 4) is 0 Å². The van der Waals surface area contributed by atoms with Crippen LogP contribution in [0.4, 0.5) is 13.2 Å². The van der Waals surface area contributed by atoms with E-state index in [4.69, 9.17) is 10.3 Å². The summed E-state index contributed by atoms with van der Waals surface area (Å²) in [6, 6.07) is 1.12. The highest BCUT2D eigenvalue weighted by molar-refractivity contribution is 5.18. The third-order valence-electron chi connectivity index (χ3n) is 2.50. The van der Waals surface area contributed by atoms with Crippen LogP contribution in [-0.4, -0.2) is 23.0 Å². The Labute approximate surface area is 96.6 Å². The summed E-state index contributed by atoms with van der Waals surface area (Å²) >= 11 is 0. The maximum atomic E-state index is 12.8. The van der Waals surface area contributed by atoms with Gasteiger partial charge in [0.05, 0.1) is 0 Å². The summed E-state index contributed by atoms with van der Waals surface area (Å²) in [5.41, 5.74) is 1.51. The molecule has 1 unspecified atom stereocenters. The number of rotatable bonds is 4. The number of aromatic nitrogens is 1. The number of alkyl halides is 3. The highest BCUT2D eigenvalue weighted by Gasteiger charge is 2.56. The highest BCUT2D eigenvalue weighted by atomic mass is 19.4. The normalized spacial score (nSPS) is 16.2. The van der Waals surface area contributed by atoms with Crippen molar-refractivity contribution in [3.63, 3.8) is 0 Å². The molecule has 0 bridgehead atoms. The first-order chi connectivity index (χ1) is 7.72. The van der Waals surface area contributed by atoms with E-state index in [9.17, 15) is 18.3 Å². The Hall–Kier alpha value is -1.08. The van der Waals surface area contributed by atoms with Crippen molar-refractivity contribution in [1.82, 2.24) is 5.16 Å². The third-order valence-corrected chi connectivity index (χ3v) is 2.50. The van der Waals surface area contributed by atoms with E-state index >= 15 is 0 Å². The SMILES string of the molecule is CC(C)c1cc(C(O)(CCN)C(F)(F)F)no1. The Kier molecular flexibility index (Phi) is 3.83. The molecule has 0 aromatic carbocycles. The van der Waals surface area contributed by atoms with E-state index in [1.165, 1.54) is 0 Å². The first-order valence-corrected chi connectivity index (χ1v) is 5.18. The summed E-state index contributed by atoms with van der Waals surface area (Å²) in [6.45, 7) is 3.19. The molecule has 0 saturated heterocycles. The van der Waals surface area contributed by atoms with Crippen LogP contribution in [0.3, 0.4) is 0 Å². The topological polar surface area (TPSA) is 72.3 Å². The lowest BCUT2D eigenvalue weighted by molar-refractivity contribution is -0.270. The second kappa shape index (κ2) is 4.66. The van der Waals surface area contributed by atoms with Gasteiger partial charge >= 0.3 is 6.18 Å². The van der Waals surface area contributed by atoms with Gasteiger partial charge in [-0.05, 0) is 6.54 Å². The number of hydrogen-bond acceptors (Lipinski definition) is 4. The van der Waals surface area contributed by atoms with Gasteiger partial charge in [0.1, 0.15) is 11.5 Å². The Morgan fingerprint density at radius 1 is 1.47 bits per heavy atom. The lowest BCUT2D eigenvalue weighted by atomic mass is 9.94. The molecule has 0 fully saturated rings. The zero-order valence-corrected chi connectivity index (χ0v) is 9.58. The van der Waals surface area contributed by atoms with Crippen molar-refractivity contribution in [2.45, 2.75) is 38.0 Å². The van der Waals surface area contributed by atoms with Gasteiger partial charge in [-0.3, -0.25) is 0 Å². The van der Waals surface area contributed by atoms with Crippen LogP contribution in [0, 0.1) is 0 Å². The smallest absolute Gasteiger partial charge is 0.375 e. The van der Waals surface area contributed by atoms with E-state index in [0.29, 0.717) is 5.76 Å². The fraction of sp³-hybridized carbons (Fsp3) is 0.700. The molecule has 0 aliphatic rings. The molecule has 1 atom stereocenters. The summed E-state index contributed by atoms with van der Waals surface area (Å²) in [6.07, 6.45) is -5.49. The average molecular weight is 252 g/mol. The molecular formula is C10H15F3N2O2. The molecule has 17 heavy (non-hydrogen) atoms. The minimum atomic E-state index is -4.84. The van der Waals surface area contributed by atoms with Gasteiger partial charge < -0.3 is 15.4 Å². The van der Waals surface area contributed by atoms with Crippen LogP contribution in [0.15, 0.2) is 10.6 Å². The van der Waals surface area contributed by atoms with E-state index < -0.39 is 23.9 Å². The van der Waals surface area contributed by atoms with Gasteiger partial charge in [-0.15, -0.1) is 0 Å². The molecule has 4 nitrogen and oxygen atoms in total. The van der Waals surface area contributed by atoms with E-state index in [-0.39, 0.29) is 12.5 Å². The molecule has 7 heteroatoms. The molecule has 0 spiro atoms. The second-order valence-corrected chi connectivity index (χ2v) is 4.17. The summed E-state index contributed by atoms with van der Waals surface area (Å²) in [5, 5.41) is 13.0. The molecule has 0 saturated carbocycles. The van der Waals surface area contributed by atoms with E-state index in [0.717, 1.165) is 6.07 Å². The number of hydrogen-bond donors (Lipinski definition) is 2. The third kappa shape index (κ3) is 2.61. The largest absolute Gasteiger partial charge is 0.423 e. The predicted molar refractivity (Wildman–Crippen MR) is 54.2 cm³/mol. The van der Waals surface area contributed by atoms with Crippen molar-refractivity contribution in [2.75, 3.05) is 6.54 Å². The minimum Gasteiger partial charge on any atom is -0.375 e. The maximum absolute atomic E-state index is 12.8. The standard InChI is InChI=1S/C10H15F3N2O2/c1-6(2)7-5-8(15-17-7)9(16,3-4-14)10(11,12)13/h5-6,16H,3-4,14H2,1-2H3. The zero-order valence-electron chi connectivity index (χ0n) is 9.58. The van der Waals surface area contributed by atoms with E-state index in [2.05, 4.69) is 5.16 Å². The Balaban J connectivity index is 3.14. The van der Waals surface area contributed by atoms with Crippen LogP contribution < -0.4 is 5.73 Å². The second-order valence-electron chi connectivity index (χ2n) is 4.17. The molecule has 0 amide bonds. The molecule has 1 rings (SSSR count).